The Balaban J connectivity index is 2.32. The fourth-order valence-electron chi connectivity index (χ4n) is 2.08. The Labute approximate surface area is 104 Å². The summed E-state index contributed by atoms with van der Waals surface area (Å²) in [6, 6.07) is 0. The third kappa shape index (κ3) is 2.07. The molecule has 1 amide bonds. The molecule has 0 radical (unpaired) electrons. The molecule has 1 aromatic heterocycles. The molecule has 1 aliphatic rings. The van der Waals surface area contributed by atoms with Crippen LogP contribution in [0.2, 0.25) is 0 Å². The highest BCUT2D eigenvalue weighted by Gasteiger charge is 2.26. The van der Waals surface area contributed by atoms with Gasteiger partial charge < -0.3 is 10.0 Å². The van der Waals surface area contributed by atoms with E-state index in [1.165, 1.54) is 4.90 Å². The van der Waals surface area contributed by atoms with Crippen LogP contribution in [0.3, 0.4) is 0 Å². The van der Waals surface area contributed by atoms with Gasteiger partial charge in [-0.3, -0.25) is 9.48 Å². The molecular formula is C12H13N3O3. The zero-order valence-electron chi connectivity index (χ0n) is 9.80. The van der Waals surface area contributed by atoms with Crippen molar-refractivity contribution in [3.63, 3.8) is 0 Å². The Kier molecular flexibility index (Phi) is 3.33. The lowest BCUT2D eigenvalue weighted by Crippen LogP contribution is -2.34. The molecule has 6 nitrogen and oxygen atoms in total. The Morgan fingerprint density at radius 2 is 2.39 bits per heavy atom. The molecule has 0 saturated carbocycles. The molecule has 1 aromatic rings. The molecule has 0 aromatic carbocycles. The summed E-state index contributed by atoms with van der Waals surface area (Å²) in [7, 11) is 0. The first-order chi connectivity index (χ1) is 8.67. The van der Waals surface area contributed by atoms with E-state index in [0.717, 1.165) is 5.69 Å². The van der Waals surface area contributed by atoms with Gasteiger partial charge in [-0.1, -0.05) is 0 Å². The van der Waals surface area contributed by atoms with Crippen molar-refractivity contribution in [2.75, 3.05) is 6.54 Å². The molecule has 0 fully saturated rings. The first-order valence-electron chi connectivity index (χ1n) is 5.62. The third-order valence-electron chi connectivity index (χ3n) is 2.99. The van der Waals surface area contributed by atoms with Crippen molar-refractivity contribution in [1.29, 1.82) is 0 Å². The molecule has 0 unspecified atom stereocenters. The van der Waals surface area contributed by atoms with Crippen molar-refractivity contribution in [1.82, 2.24) is 14.7 Å². The Bertz CT molecular complexity index is 527. The van der Waals surface area contributed by atoms with Crippen LogP contribution in [0.25, 0.3) is 0 Å². The summed E-state index contributed by atoms with van der Waals surface area (Å²) in [5.74, 6) is 2.49. The smallest absolute Gasteiger partial charge is 0.407 e. The number of nitrogens with zero attached hydrogens (tertiary/aromatic N) is 3. The summed E-state index contributed by atoms with van der Waals surface area (Å²) in [4.78, 5) is 23.3. The molecule has 0 saturated heterocycles. The number of hydrogen-bond donors (Lipinski definition) is 1. The van der Waals surface area contributed by atoms with Crippen LogP contribution < -0.4 is 0 Å². The van der Waals surface area contributed by atoms with E-state index in [-0.39, 0.29) is 6.54 Å². The van der Waals surface area contributed by atoms with Crippen LogP contribution in [-0.4, -0.2) is 38.7 Å². The van der Waals surface area contributed by atoms with Crippen molar-refractivity contribution in [3.05, 3.63) is 17.0 Å². The Hall–Kier alpha value is -2.29. The highest BCUT2D eigenvalue weighted by atomic mass is 16.4. The monoisotopic (exact) mass is 247 g/mol. The SMILES string of the molecule is C#CCCn1nc2c(c1C=O)CN(C(=O)O)CC2. The second kappa shape index (κ2) is 4.92. The van der Waals surface area contributed by atoms with Gasteiger partial charge in [-0.15, -0.1) is 12.3 Å². The fraction of sp³-hybridized carbons (Fsp3) is 0.417. The van der Waals surface area contributed by atoms with Gasteiger partial charge >= 0.3 is 6.09 Å². The van der Waals surface area contributed by atoms with Crippen molar-refractivity contribution >= 4 is 12.4 Å². The minimum Gasteiger partial charge on any atom is -0.465 e. The van der Waals surface area contributed by atoms with Crippen LogP contribution >= 0.6 is 0 Å². The van der Waals surface area contributed by atoms with Gasteiger partial charge in [-0.25, -0.2) is 4.79 Å². The van der Waals surface area contributed by atoms with E-state index in [1.54, 1.807) is 4.68 Å². The molecule has 2 heterocycles. The van der Waals surface area contributed by atoms with E-state index in [2.05, 4.69) is 11.0 Å². The van der Waals surface area contributed by atoms with Crippen molar-refractivity contribution in [2.45, 2.75) is 25.9 Å². The average molecular weight is 247 g/mol. The Morgan fingerprint density at radius 3 is 3.00 bits per heavy atom. The molecule has 18 heavy (non-hydrogen) atoms. The van der Waals surface area contributed by atoms with Gasteiger partial charge in [0.2, 0.25) is 0 Å². The van der Waals surface area contributed by atoms with Gasteiger partial charge in [0.25, 0.3) is 0 Å². The van der Waals surface area contributed by atoms with Gasteiger partial charge in [0.05, 0.1) is 18.8 Å². The van der Waals surface area contributed by atoms with Gasteiger partial charge in [0.1, 0.15) is 5.69 Å². The summed E-state index contributed by atoms with van der Waals surface area (Å²) in [5, 5.41) is 13.3. The van der Waals surface area contributed by atoms with Crippen LogP contribution in [0.4, 0.5) is 4.79 Å². The lowest BCUT2D eigenvalue weighted by atomic mass is 10.1. The predicted molar refractivity (Wildman–Crippen MR) is 63.2 cm³/mol. The number of carboxylic acid groups (broad SMARTS) is 1. The summed E-state index contributed by atoms with van der Waals surface area (Å²) in [5.41, 5.74) is 1.94. The number of hydrogen-bond acceptors (Lipinski definition) is 3. The van der Waals surface area contributed by atoms with Gasteiger partial charge in [0, 0.05) is 24.9 Å². The number of aryl methyl sites for hydroxylation is 1. The normalized spacial score (nSPS) is 13.8. The number of aldehydes is 1. The lowest BCUT2D eigenvalue weighted by molar-refractivity contribution is 0.110. The highest BCUT2D eigenvalue weighted by Crippen LogP contribution is 2.21. The molecule has 2 rings (SSSR count). The second-order valence-electron chi connectivity index (χ2n) is 4.06. The number of rotatable bonds is 3. The standard InChI is InChI=1S/C12H13N3O3/c1-2-3-5-15-11(8-16)9-7-14(12(17)18)6-4-10(9)13-15/h1,8H,3-7H2,(H,17,18). The quantitative estimate of drug-likeness (QED) is 0.632. The molecule has 0 spiro atoms. The first-order valence-corrected chi connectivity index (χ1v) is 5.62. The zero-order valence-corrected chi connectivity index (χ0v) is 9.80. The highest BCUT2D eigenvalue weighted by molar-refractivity contribution is 5.76. The van der Waals surface area contributed by atoms with E-state index >= 15 is 0 Å². The van der Waals surface area contributed by atoms with E-state index in [9.17, 15) is 9.59 Å². The largest absolute Gasteiger partial charge is 0.465 e. The lowest BCUT2D eigenvalue weighted by Gasteiger charge is -2.23. The van der Waals surface area contributed by atoms with E-state index in [4.69, 9.17) is 11.5 Å². The molecule has 0 atom stereocenters. The average Bonchev–Trinajstić information content (AvgIpc) is 2.72. The van der Waals surface area contributed by atoms with Crippen molar-refractivity contribution in [3.8, 4) is 12.3 Å². The van der Waals surface area contributed by atoms with Crippen LogP contribution in [0.5, 0.6) is 0 Å². The number of amides is 1. The fourth-order valence-corrected chi connectivity index (χ4v) is 2.08. The minimum atomic E-state index is -0.978. The van der Waals surface area contributed by atoms with Crippen LogP contribution in [0.1, 0.15) is 28.2 Å². The van der Waals surface area contributed by atoms with Gasteiger partial charge in [-0.05, 0) is 0 Å². The number of aromatic nitrogens is 2. The molecule has 0 bridgehead atoms. The topological polar surface area (TPSA) is 75.4 Å². The predicted octanol–water partition coefficient (Wildman–Crippen LogP) is 0.755. The van der Waals surface area contributed by atoms with E-state index in [1.807, 2.05) is 0 Å². The van der Waals surface area contributed by atoms with Crippen LogP contribution in [-0.2, 0) is 19.5 Å². The van der Waals surface area contributed by atoms with Crippen molar-refractivity contribution < 1.29 is 14.7 Å². The molecule has 6 heteroatoms. The number of fused-ring (bicyclic) bond motifs is 1. The molecule has 1 N–H and O–H groups in total. The van der Waals surface area contributed by atoms with Crippen LogP contribution in [0.15, 0.2) is 0 Å². The number of terminal acetylenes is 1. The zero-order chi connectivity index (χ0) is 13.1. The second-order valence-corrected chi connectivity index (χ2v) is 4.06. The van der Waals surface area contributed by atoms with Gasteiger partial charge in [0.15, 0.2) is 6.29 Å². The maximum Gasteiger partial charge on any atom is 0.407 e. The molecular weight excluding hydrogens is 234 g/mol. The minimum absolute atomic E-state index is 0.217. The number of carbonyl (C=O) groups is 2. The third-order valence-corrected chi connectivity index (χ3v) is 2.99. The van der Waals surface area contributed by atoms with E-state index < -0.39 is 6.09 Å². The summed E-state index contributed by atoms with van der Waals surface area (Å²) in [6.45, 7) is 1.10. The van der Waals surface area contributed by atoms with Crippen molar-refractivity contribution in [2.24, 2.45) is 0 Å². The first kappa shape index (κ1) is 12.2. The summed E-state index contributed by atoms with van der Waals surface area (Å²) >= 11 is 0. The number of carbonyl (C=O) groups excluding carboxylic acids is 1. The Morgan fingerprint density at radius 1 is 1.61 bits per heavy atom. The maximum atomic E-state index is 11.1. The van der Waals surface area contributed by atoms with Crippen LogP contribution in [0, 0.1) is 12.3 Å². The van der Waals surface area contributed by atoms with Gasteiger partial charge in [-0.2, -0.15) is 5.10 Å². The maximum absolute atomic E-state index is 11.1. The molecule has 0 aliphatic carbocycles. The summed E-state index contributed by atoms with van der Waals surface area (Å²) in [6.07, 6.45) is 5.95. The molecule has 1 aliphatic heterocycles. The van der Waals surface area contributed by atoms with E-state index in [0.29, 0.717) is 43.5 Å². The summed E-state index contributed by atoms with van der Waals surface area (Å²) < 4.78 is 1.57. The molecule has 94 valence electrons.